The number of rotatable bonds is 8. The lowest BCUT2D eigenvalue weighted by Crippen LogP contribution is -2.33. The van der Waals surface area contributed by atoms with Crippen molar-refractivity contribution in [2.45, 2.75) is 26.3 Å². The molecule has 0 amide bonds. The van der Waals surface area contributed by atoms with Crippen molar-refractivity contribution in [3.8, 4) is 0 Å². The number of nitrogens with one attached hydrogen (secondary N) is 2. The van der Waals surface area contributed by atoms with Crippen LogP contribution in [0.4, 0.5) is 17.8 Å². The maximum atomic E-state index is 4.38. The second kappa shape index (κ2) is 7.84. The van der Waals surface area contributed by atoms with Crippen LogP contribution in [0.5, 0.6) is 0 Å². The van der Waals surface area contributed by atoms with Crippen LogP contribution in [0.25, 0.3) is 0 Å². The lowest BCUT2D eigenvalue weighted by Gasteiger charge is -2.23. The summed E-state index contributed by atoms with van der Waals surface area (Å²) in [5, 5.41) is 6.20. The van der Waals surface area contributed by atoms with E-state index in [2.05, 4.69) is 51.4 Å². The quantitative estimate of drug-likeness (QED) is 0.740. The molecular formula is C13H27N7. The second-order valence-electron chi connectivity index (χ2n) is 5.09. The molecule has 1 atom stereocenters. The molecular weight excluding hydrogens is 254 g/mol. The molecule has 1 unspecified atom stereocenters. The van der Waals surface area contributed by atoms with Crippen molar-refractivity contribution in [1.82, 2.24) is 19.9 Å². The minimum atomic E-state index is 0.571. The minimum Gasteiger partial charge on any atom is -0.357 e. The molecule has 0 aliphatic carbocycles. The van der Waals surface area contributed by atoms with E-state index < -0.39 is 0 Å². The van der Waals surface area contributed by atoms with Crippen LogP contribution in [0, 0.1) is 0 Å². The summed E-state index contributed by atoms with van der Waals surface area (Å²) in [5.74, 6) is 1.81. The third kappa shape index (κ3) is 4.80. The van der Waals surface area contributed by atoms with Crippen LogP contribution in [0.3, 0.4) is 0 Å². The van der Waals surface area contributed by atoms with E-state index in [1.54, 1.807) is 7.05 Å². The molecule has 0 saturated carbocycles. The Kier molecular flexibility index (Phi) is 6.44. The summed E-state index contributed by atoms with van der Waals surface area (Å²) in [6.07, 6.45) is 1.15. The molecule has 0 spiro atoms. The molecule has 0 fully saturated rings. The van der Waals surface area contributed by atoms with E-state index in [0.29, 0.717) is 23.9 Å². The van der Waals surface area contributed by atoms with Crippen LogP contribution < -0.4 is 15.5 Å². The SMILES string of the molecule is CCC(C)N(C)CCNc1nc(NC)nc(N(C)C)n1. The number of hydrogen-bond donors (Lipinski definition) is 2. The molecule has 0 radical (unpaired) electrons. The van der Waals surface area contributed by atoms with Gasteiger partial charge >= 0.3 is 0 Å². The molecule has 0 aliphatic rings. The Bertz CT molecular complexity index is 408. The van der Waals surface area contributed by atoms with E-state index >= 15 is 0 Å². The number of hydrogen-bond acceptors (Lipinski definition) is 7. The molecule has 20 heavy (non-hydrogen) atoms. The van der Waals surface area contributed by atoms with Crippen LogP contribution in [0.15, 0.2) is 0 Å². The second-order valence-corrected chi connectivity index (χ2v) is 5.09. The van der Waals surface area contributed by atoms with E-state index in [1.165, 1.54) is 0 Å². The summed E-state index contributed by atoms with van der Waals surface area (Å²) < 4.78 is 0. The topological polar surface area (TPSA) is 69.2 Å². The highest BCUT2D eigenvalue weighted by Gasteiger charge is 2.08. The lowest BCUT2D eigenvalue weighted by molar-refractivity contribution is 0.261. The number of nitrogens with zero attached hydrogens (tertiary/aromatic N) is 5. The van der Waals surface area contributed by atoms with Crippen molar-refractivity contribution >= 4 is 17.8 Å². The van der Waals surface area contributed by atoms with E-state index in [4.69, 9.17) is 0 Å². The summed E-state index contributed by atoms with van der Waals surface area (Å²) >= 11 is 0. The zero-order valence-corrected chi connectivity index (χ0v) is 13.4. The van der Waals surface area contributed by atoms with Gasteiger partial charge in [-0.1, -0.05) is 6.92 Å². The normalized spacial score (nSPS) is 12.3. The highest BCUT2D eigenvalue weighted by Crippen LogP contribution is 2.10. The molecule has 0 aromatic carbocycles. The molecule has 114 valence electrons. The third-order valence-corrected chi connectivity index (χ3v) is 3.34. The Balaban J connectivity index is 2.61. The van der Waals surface area contributed by atoms with Crippen molar-refractivity contribution in [1.29, 1.82) is 0 Å². The number of aromatic nitrogens is 3. The van der Waals surface area contributed by atoms with Crippen molar-refractivity contribution in [2.24, 2.45) is 0 Å². The highest BCUT2D eigenvalue weighted by molar-refractivity contribution is 5.42. The minimum absolute atomic E-state index is 0.571. The summed E-state index contributed by atoms with van der Waals surface area (Å²) in [6.45, 7) is 6.18. The molecule has 7 heteroatoms. The smallest absolute Gasteiger partial charge is 0.231 e. The van der Waals surface area contributed by atoms with Gasteiger partial charge in [0, 0.05) is 40.3 Å². The van der Waals surface area contributed by atoms with Gasteiger partial charge in [-0.15, -0.1) is 0 Å². The van der Waals surface area contributed by atoms with Crippen molar-refractivity contribution in [3.05, 3.63) is 0 Å². The Morgan fingerprint density at radius 3 is 2.30 bits per heavy atom. The molecule has 1 aromatic heterocycles. The van der Waals surface area contributed by atoms with E-state index in [-0.39, 0.29) is 0 Å². The summed E-state index contributed by atoms with van der Waals surface area (Å²) in [7, 11) is 7.76. The van der Waals surface area contributed by atoms with Gasteiger partial charge in [0.05, 0.1) is 0 Å². The Morgan fingerprint density at radius 2 is 1.75 bits per heavy atom. The number of likely N-dealkylation sites (N-methyl/N-ethyl adjacent to an activating group) is 1. The molecule has 1 rings (SSSR count). The predicted molar refractivity (Wildman–Crippen MR) is 84.6 cm³/mol. The largest absolute Gasteiger partial charge is 0.357 e. The zero-order valence-electron chi connectivity index (χ0n) is 13.4. The molecule has 7 nitrogen and oxygen atoms in total. The van der Waals surface area contributed by atoms with Crippen molar-refractivity contribution in [2.75, 3.05) is 56.8 Å². The Hall–Kier alpha value is -1.63. The molecule has 1 heterocycles. The standard InChI is InChI=1S/C13H27N7/c1-7-10(2)20(6)9-8-15-12-16-11(14-3)17-13(18-12)19(4)5/h10H,7-9H2,1-6H3,(H2,14,15,16,17,18). The first-order valence-corrected chi connectivity index (χ1v) is 7.03. The van der Waals surface area contributed by atoms with Gasteiger partial charge in [0.2, 0.25) is 17.8 Å². The van der Waals surface area contributed by atoms with E-state index in [0.717, 1.165) is 19.5 Å². The average molecular weight is 281 g/mol. The molecule has 0 bridgehead atoms. The summed E-state index contributed by atoms with van der Waals surface area (Å²) in [4.78, 5) is 17.1. The Morgan fingerprint density at radius 1 is 1.10 bits per heavy atom. The average Bonchev–Trinajstić information content (AvgIpc) is 2.45. The number of anilines is 3. The van der Waals surface area contributed by atoms with Gasteiger partial charge in [0.1, 0.15) is 0 Å². The van der Waals surface area contributed by atoms with Gasteiger partial charge < -0.3 is 20.4 Å². The van der Waals surface area contributed by atoms with Gasteiger partial charge in [-0.2, -0.15) is 15.0 Å². The van der Waals surface area contributed by atoms with Crippen LogP contribution in [-0.2, 0) is 0 Å². The fourth-order valence-electron chi connectivity index (χ4n) is 1.63. The van der Waals surface area contributed by atoms with Gasteiger partial charge in [0.25, 0.3) is 0 Å². The zero-order chi connectivity index (χ0) is 15.1. The lowest BCUT2D eigenvalue weighted by atomic mass is 10.2. The van der Waals surface area contributed by atoms with E-state index in [1.807, 2.05) is 19.0 Å². The first-order valence-electron chi connectivity index (χ1n) is 7.03. The molecule has 1 aromatic rings. The molecule has 0 saturated heterocycles. The molecule has 0 aliphatic heterocycles. The van der Waals surface area contributed by atoms with Crippen molar-refractivity contribution < 1.29 is 0 Å². The van der Waals surface area contributed by atoms with Gasteiger partial charge in [-0.05, 0) is 20.4 Å². The maximum absolute atomic E-state index is 4.38. The summed E-state index contributed by atoms with van der Waals surface area (Å²) in [6, 6.07) is 0.584. The highest BCUT2D eigenvalue weighted by atomic mass is 15.3. The fourth-order valence-corrected chi connectivity index (χ4v) is 1.63. The third-order valence-electron chi connectivity index (χ3n) is 3.34. The first-order chi connectivity index (χ1) is 9.47. The van der Waals surface area contributed by atoms with Gasteiger partial charge in [-0.3, -0.25) is 0 Å². The predicted octanol–water partition coefficient (Wildman–Crippen LogP) is 1.12. The summed E-state index contributed by atoms with van der Waals surface area (Å²) in [5.41, 5.74) is 0. The maximum Gasteiger partial charge on any atom is 0.231 e. The van der Waals surface area contributed by atoms with Crippen LogP contribution >= 0.6 is 0 Å². The first kappa shape index (κ1) is 16.4. The van der Waals surface area contributed by atoms with Crippen LogP contribution in [0.2, 0.25) is 0 Å². The van der Waals surface area contributed by atoms with Crippen LogP contribution in [-0.4, -0.2) is 67.2 Å². The van der Waals surface area contributed by atoms with Crippen molar-refractivity contribution in [3.63, 3.8) is 0 Å². The van der Waals surface area contributed by atoms with Gasteiger partial charge in [0.15, 0.2) is 0 Å². The van der Waals surface area contributed by atoms with E-state index in [9.17, 15) is 0 Å². The Labute approximate surface area is 121 Å². The monoisotopic (exact) mass is 281 g/mol. The fraction of sp³-hybridized carbons (Fsp3) is 0.769. The van der Waals surface area contributed by atoms with Gasteiger partial charge in [-0.25, -0.2) is 0 Å². The van der Waals surface area contributed by atoms with Crippen LogP contribution in [0.1, 0.15) is 20.3 Å². The molecule has 2 N–H and O–H groups in total.